The first-order chi connectivity index (χ1) is 10.3. The smallest absolute Gasteiger partial charge is 0.316 e. The Bertz CT molecular complexity index is 534. The van der Waals surface area contributed by atoms with Crippen LogP contribution in [0.5, 0.6) is 0 Å². The molecule has 0 aliphatic carbocycles. The normalized spacial score (nSPS) is 12.1. The number of rotatable bonds is 7. The summed E-state index contributed by atoms with van der Waals surface area (Å²) < 4.78 is 6.00. The number of hydrogen-bond acceptors (Lipinski definition) is 4. The van der Waals surface area contributed by atoms with Gasteiger partial charge in [0.25, 0.3) is 5.91 Å². The number of hydrogen-bond donors (Lipinski definition) is 1. The Morgan fingerprint density at radius 2 is 2.00 bits per heavy atom. The molecule has 1 aromatic carbocycles. The zero-order valence-electron chi connectivity index (χ0n) is 13.3. The van der Waals surface area contributed by atoms with E-state index in [-0.39, 0.29) is 30.3 Å². The monoisotopic (exact) mass is 387 g/mol. The molecule has 0 bridgehead atoms. The highest BCUT2D eigenvalue weighted by molar-refractivity contribution is 9.10. The summed E-state index contributed by atoms with van der Waals surface area (Å²) in [6.45, 7) is 7.73. The van der Waals surface area contributed by atoms with Crippen molar-refractivity contribution in [1.82, 2.24) is 5.32 Å². The highest BCUT2D eigenvalue weighted by Gasteiger charge is 2.13. The first-order valence-electron chi connectivity index (χ1n) is 7.13. The number of benzene rings is 1. The summed E-state index contributed by atoms with van der Waals surface area (Å²) in [5, 5.41) is 2.80. The Morgan fingerprint density at radius 1 is 1.32 bits per heavy atom. The molecule has 0 saturated heterocycles. The van der Waals surface area contributed by atoms with Crippen molar-refractivity contribution in [3.8, 4) is 0 Å². The van der Waals surface area contributed by atoms with E-state index in [1.54, 1.807) is 0 Å². The van der Waals surface area contributed by atoms with E-state index in [0.717, 1.165) is 14.9 Å². The molecule has 0 fully saturated rings. The van der Waals surface area contributed by atoms with Gasteiger partial charge in [0.2, 0.25) is 0 Å². The number of carbonyl (C=O) groups excluding carboxylic acids is 2. The SMILES string of the molecule is Cc1cc(Br)ccc1SCC(=O)OCC(=O)N[C@H](C)C(C)C. The molecule has 0 aliphatic heterocycles. The van der Waals surface area contributed by atoms with Crippen LogP contribution in [0.3, 0.4) is 0 Å². The highest BCUT2D eigenvalue weighted by Crippen LogP contribution is 2.25. The quantitative estimate of drug-likeness (QED) is 0.573. The first kappa shape index (κ1) is 19.0. The van der Waals surface area contributed by atoms with Crippen molar-refractivity contribution < 1.29 is 14.3 Å². The van der Waals surface area contributed by atoms with Crippen LogP contribution in [0.15, 0.2) is 27.6 Å². The molecule has 6 heteroatoms. The van der Waals surface area contributed by atoms with Gasteiger partial charge in [-0.15, -0.1) is 11.8 Å². The van der Waals surface area contributed by atoms with Crippen LogP contribution in [0.2, 0.25) is 0 Å². The molecule has 1 rings (SSSR count). The number of amides is 1. The predicted molar refractivity (Wildman–Crippen MR) is 93.0 cm³/mol. The van der Waals surface area contributed by atoms with E-state index in [4.69, 9.17) is 4.74 Å². The van der Waals surface area contributed by atoms with Gasteiger partial charge in [-0.2, -0.15) is 0 Å². The molecule has 4 nitrogen and oxygen atoms in total. The molecule has 1 N–H and O–H groups in total. The highest BCUT2D eigenvalue weighted by atomic mass is 79.9. The van der Waals surface area contributed by atoms with Crippen molar-refractivity contribution in [2.24, 2.45) is 5.92 Å². The molecule has 122 valence electrons. The zero-order valence-corrected chi connectivity index (χ0v) is 15.7. The van der Waals surface area contributed by atoms with Gasteiger partial charge in [0.15, 0.2) is 6.61 Å². The number of halogens is 1. The fourth-order valence-electron chi connectivity index (χ4n) is 1.56. The van der Waals surface area contributed by atoms with E-state index in [1.807, 2.05) is 45.9 Å². The molecule has 0 radical (unpaired) electrons. The molecule has 22 heavy (non-hydrogen) atoms. The van der Waals surface area contributed by atoms with Crippen molar-refractivity contribution in [3.63, 3.8) is 0 Å². The number of carbonyl (C=O) groups is 2. The summed E-state index contributed by atoms with van der Waals surface area (Å²) in [6, 6.07) is 5.94. The van der Waals surface area contributed by atoms with Gasteiger partial charge < -0.3 is 10.1 Å². The van der Waals surface area contributed by atoms with Gasteiger partial charge in [-0.3, -0.25) is 9.59 Å². The van der Waals surface area contributed by atoms with Gasteiger partial charge in [0, 0.05) is 15.4 Å². The summed E-state index contributed by atoms with van der Waals surface area (Å²) in [7, 11) is 0. The maximum absolute atomic E-state index is 11.7. The number of esters is 1. The van der Waals surface area contributed by atoms with Crippen LogP contribution in [-0.2, 0) is 14.3 Å². The van der Waals surface area contributed by atoms with Crippen LogP contribution in [0, 0.1) is 12.8 Å². The van der Waals surface area contributed by atoms with Crippen molar-refractivity contribution in [2.75, 3.05) is 12.4 Å². The van der Waals surface area contributed by atoms with Crippen LogP contribution in [0.1, 0.15) is 26.3 Å². The Morgan fingerprint density at radius 3 is 2.59 bits per heavy atom. The van der Waals surface area contributed by atoms with E-state index in [9.17, 15) is 9.59 Å². The van der Waals surface area contributed by atoms with Crippen molar-refractivity contribution in [2.45, 2.75) is 38.6 Å². The van der Waals surface area contributed by atoms with E-state index in [1.165, 1.54) is 11.8 Å². The maximum atomic E-state index is 11.7. The minimum Gasteiger partial charge on any atom is -0.455 e. The van der Waals surface area contributed by atoms with Crippen LogP contribution in [0.25, 0.3) is 0 Å². The maximum Gasteiger partial charge on any atom is 0.316 e. The summed E-state index contributed by atoms with van der Waals surface area (Å²) in [6.07, 6.45) is 0. The second-order valence-corrected chi connectivity index (χ2v) is 7.39. The molecule has 1 atom stereocenters. The van der Waals surface area contributed by atoms with Gasteiger partial charge >= 0.3 is 5.97 Å². The Kier molecular flexibility index (Phi) is 7.96. The summed E-state index contributed by atoms with van der Waals surface area (Å²) in [5.74, 6) is -0.121. The van der Waals surface area contributed by atoms with Gasteiger partial charge in [-0.25, -0.2) is 0 Å². The Balaban J connectivity index is 2.33. The molecule has 1 aromatic rings. The lowest BCUT2D eigenvalue weighted by Gasteiger charge is -2.17. The molecule has 0 spiro atoms. The fourth-order valence-corrected chi connectivity index (χ4v) is 2.84. The van der Waals surface area contributed by atoms with E-state index in [2.05, 4.69) is 21.2 Å². The molecule has 0 heterocycles. The standard InChI is InChI=1S/C16H22BrNO3S/c1-10(2)12(4)18-15(19)8-21-16(20)9-22-14-6-5-13(17)7-11(14)3/h5-7,10,12H,8-9H2,1-4H3,(H,18,19)/t12-/m1/s1. The number of ether oxygens (including phenoxy) is 1. The molecule has 0 aromatic heterocycles. The Hall–Kier alpha value is -1.01. The van der Waals surface area contributed by atoms with Crippen LogP contribution >= 0.6 is 27.7 Å². The molecule has 0 aliphatic rings. The second-order valence-electron chi connectivity index (χ2n) is 5.46. The zero-order chi connectivity index (χ0) is 16.7. The minimum absolute atomic E-state index is 0.0611. The van der Waals surface area contributed by atoms with Gasteiger partial charge in [0.1, 0.15) is 0 Å². The molecular formula is C16H22BrNO3S. The van der Waals surface area contributed by atoms with Crippen molar-refractivity contribution in [1.29, 1.82) is 0 Å². The third-order valence-corrected chi connectivity index (χ3v) is 4.88. The predicted octanol–water partition coefficient (Wildman–Crippen LogP) is 3.55. The minimum atomic E-state index is -0.389. The number of aryl methyl sites for hydroxylation is 1. The second kappa shape index (κ2) is 9.20. The third-order valence-electron chi connectivity index (χ3n) is 3.24. The van der Waals surface area contributed by atoms with E-state index >= 15 is 0 Å². The topological polar surface area (TPSA) is 55.4 Å². The average Bonchev–Trinajstić information content (AvgIpc) is 2.44. The lowest BCUT2D eigenvalue weighted by molar-refractivity contribution is -0.146. The molecule has 0 unspecified atom stereocenters. The Labute approximate surface area is 144 Å². The summed E-state index contributed by atoms with van der Waals surface area (Å²) in [4.78, 5) is 24.3. The lowest BCUT2D eigenvalue weighted by atomic mass is 10.1. The molecule has 0 saturated carbocycles. The average molecular weight is 388 g/mol. The lowest BCUT2D eigenvalue weighted by Crippen LogP contribution is -2.38. The van der Waals surface area contributed by atoms with Crippen molar-refractivity contribution in [3.05, 3.63) is 28.2 Å². The van der Waals surface area contributed by atoms with Crippen LogP contribution in [0.4, 0.5) is 0 Å². The van der Waals surface area contributed by atoms with E-state index < -0.39 is 0 Å². The largest absolute Gasteiger partial charge is 0.455 e. The van der Waals surface area contributed by atoms with Gasteiger partial charge in [-0.05, 0) is 43.5 Å². The summed E-state index contributed by atoms with van der Waals surface area (Å²) in [5.41, 5.74) is 1.09. The van der Waals surface area contributed by atoms with Crippen molar-refractivity contribution >= 4 is 39.6 Å². The van der Waals surface area contributed by atoms with Crippen LogP contribution in [-0.4, -0.2) is 30.3 Å². The van der Waals surface area contributed by atoms with E-state index in [0.29, 0.717) is 5.92 Å². The molecular weight excluding hydrogens is 366 g/mol. The molecule has 1 amide bonds. The fraction of sp³-hybridized carbons (Fsp3) is 0.500. The number of nitrogens with one attached hydrogen (secondary N) is 1. The van der Waals surface area contributed by atoms with Crippen LogP contribution < -0.4 is 5.32 Å². The first-order valence-corrected chi connectivity index (χ1v) is 8.91. The number of thioether (sulfide) groups is 1. The van der Waals surface area contributed by atoms with Gasteiger partial charge in [0.05, 0.1) is 5.75 Å². The summed E-state index contributed by atoms with van der Waals surface area (Å²) >= 11 is 4.81. The van der Waals surface area contributed by atoms with Gasteiger partial charge in [-0.1, -0.05) is 29.8 Å². The third kappa shape index (κ3) is 6.83.